The van der Waals surface area contributed by atoms with Crippen LogP contribution in [0.5, 0.6) is 0 Å². The summed E-state index contributed by atoms with van der Waals surface area (Å²) in [6.45, 7) is 3.38. The molecule has 0 saturated heterocycles. The molecule has 0 amide bonds. The number of hydrogen-bond donors (Lipinski definition) is 2. The number of aromatic nitrogens is 3. The lowest BCUT2D eigenvalue weighted by molar-refractivity contribution is 0.600. The fraction of sp³-hybridized carbons (Fsp3) is 0.222. The molecule has 0 aliphatic heterocycles. The van der Waals surface area contributed by atoms with Crippen LogP contribution < -0.4 is 10.5 Å². The highest BCUT2D eigenvalue weighted by molar-refractivity contribution is 7.93. The van der Waals surface area contributed by atoms with E-state index in [1.54, 1.807) is 26.0 Å². The predicted molar refractivity (Wildman–Crippen MR) is 68.8 cm³/mol. The fourth-order valence-corrected chi connectivity index (χ4v) is 3.79. The van der Waals surface area contributed by atoms with Crippen molar-refractivity contribution in [3.8, 4) is 0 Å². The molecular weight excluding hydrogens is 274 g/mol. The lowest BCUT2D eigenvalue weighted by Crippen LogP contribution is -2.16. The quantitative estimate of drug-likeness (QED) is 0.812. The van der Waals surface area contributed by atoms with Crippen molar-refractivity contribution in [2.75, 3.05) is 10.5 Å². The van der Waals surface area contributed by atoms with Crippen LogP contribution in [0.25, 0.3) is 0 Å². The number of anilines is 2. The third kappa shape index (κ3) is 2.41. The summed E-state index contributed by atoms with van der Waals surface area (Å²) in [6, 6.07) is 3.22. The van der Waals surface area contributed by atoms with Gasteiger partial charge in [0.25, 0.3) is 10.0 Å². The number of aryl methyl sites for hydroxylation is 2. The van der Waals surface area contributed by atoms with Crippen molar-refractivity contribution in [2.24, 2.45) is 0 Å². The second kappa shape index (κ2) is 4.50. The summed E-state index contributed by atoms with van der Waals surface area (Å²) in [5.41, 5.74) is 7.35. The smallest absolute Gasteiger partial charge is 0.264 e. The van der Waals surface area contributed by atoms with Gasteiger partial charge in [0.15, 0.2) is 0 Å². The number of nitrogens with one attached hydrogen (secondary N) is 1. The van der Waals surface area contributed by atoms with Crippen LogP contribution in [0.2, 0.25) is 0 Å². The van der Waals surface area contributed by atoms with E-state index in [-0.39, 0.29) is 10.0 Å². The summed E-state index contributed by atoms with van der Waals surface area (Å²) in [7, 11) is -3.70. The van der Waals surface area contributed by atoms with Crippen LogP contribution in [0.15, 0.2) is 17.0 Å². The molecule has 2 rings (SSSR count). The highest BCUT2D eigenvalue weighted by Crippen LogP contribution is 2.25. The maximum absolute atomic E-state index is 12.2. The Morgan fingerprint density at radius 3 is 2.39 bits per heavy atom. The first kappa shape index (κ1) is 12.7. The molecule has 1 aromatic heterocycles. The van der Waals surface area contributed by atoms with Crippen molar-refractivity contribution in [3.63, 3.8) is 0 Å². The first-order valence-corrected chi connectivity index (χ1v) is 7.20. The maximum Gasteiger partial charge on any atom is 0.264 e. The van der Waals surface area contributed by atoms with E-state index < -0.39 is 10.0 Å². The summed E-state index contributed by atoms with van der Waals surface area (Å²) in [5, 5.41) is 7.01. The van der Waals surface area contributed by atoms with Crippen molar-refractivity contribution in [2.45, 2.75) is 18.7 Å². The minimum Gasteiger partial charge on any atom is -0.399 e. The lowest BCUT2D eigenvalue weighted by Gasteiger charge is -2.11. The molecule has 3 N–H and O–H groups in total. The molecule has 0 aliphatic carbocycles. The molecule has 2 aromatic rings. The fourth-order valence-electron chi connectivity index (χ4n) is 1.75. The lowest BCUT2D eigenvalue weighted by atomic mass is 10.1. The van der Waals surface area contributed by atoms with Gasteiger partial charge in [0, 0.05) is 17.2 Å². The monoisotopic (exact) mass is 285 g/mol. The highest BCUT2D eigenvalue weighted by Gasteiger charge is 2.21. The van der Waals surface area contributed by atoms with Gasteiger partial charge in [0.2, 0.25) is 5.13 Å². The molecule has 0 aliphatic rings. The van der Waals surface area contributed by atoms with Crippen LogP contribution in [0.3, 0.4) is 0 Å². The third-order valence-electron chi connectivity index (χ3n) is 2.27. The normalized spacial score (nSPS) is 11.4. The van der Waals surface area contributed by atoms with Crippen LogP contribution in [-0.4, -0.2) is 23.2 Å². The first-order chi connectivity index (χ1) is 8.40. The standard InChI is InChI=1S/C9H11N5O2S2/c1-5-3-7(10)4-6(2)8(5)18(15,16)12-9-11-13-14-17-9/h3-4H,10H2,1-2H3,(H,11,12,14). The SMILES string of the molecule is Cc1cc(N)cc(C)c1S(=O)(=O)Nc1nnns1. The topological polar surface area (TPSA) is 111 Å². The van der Waals surface area contributed by atoms with Crippen molar-refractivity contribution < 1.29 is 8.42 Å². The van der Waals surface area contributed by atoms with Crippen molar-refractivity contribution in [1.29, 1.82) is 0 Å². The Kier molecular flexibility index (Phi) is 3.18. The molecule has 1 aromatic carbocycles. The van der Waals surface area contributed by atoms with E-state index in [9.17, 15) is 8.42 Å². The number of nitrogens with two attached hydrogens (primary N) is 1. The average Bonchev–Trinajstić information content (AvgIpc) is 2.66. The summed E-state index contributed by atoms with van der Waals surface area (Å²) in [4.78, 5) is 0.201. The molecule has 0 fully saturated rings. The van der Waals surface area contributed by atoms with Gasteiger partial charge in [-0.25, -0.2) is 8.42 Å². The molecule has 0 unspecified atom stereocenters. The van der Waals surface area contributed by atoms with E-state index >= 15 is 0 Å². The molecule has 0 radical (unpaired) electrons. The Hall–Kier alpha value is -1.74. The third-order valence-corrected chi connectivity index (χ3v) is 4.56. The largest absolute Gasteiger partial charge is 0.399 e. The van der Waals surface area contributed by atoms with Crippen LogP contribution in [0, 0.1) is 13.8 Å². The molecule has 0 spiro atoms. The molecule has 7 nitrogen and oxygen atoms in total. The van der Waals surface area contributed by atoms with E-state index in [1.807, 2.05) is 0 Å². The summed E-state index contributed by atoms with van der Waals surface area (Å²) < 4.78 is 30.2. The number of nitrogen functional groups attached to an aromatic ring is 1. The van der Waals surface area contributed by atoms with Gasteiger partial charge in [0.05, 0.1) is 4.90 Å². The van der Waals surface area contributed by atoms with E-state index in [1.165, 1.54) is 0 Å². The Bertz CT molecular complexity index is 643. The average molecular weight is 285 g/mol. The summed E-state index contributed by atoms with van der Waals surface area (Å²) in [5.74, 6) is 0. The van der Waals surface area contributed by atoms with Crippen molar-refractivity contribution in [1.82, 2.24) is 14.8 Å². The summed E-state index contributed by atoms with van der Waals surface area (Å²) >= 11 is 0.872. The summed E-state index contributed by atoms with van der Waals surface area (Å²) in [6.07, 6.45) is 0. The van der Waals surface area contributed by atoms with Gasteiger partial charge in [-0.2, -0.15) is 0 Å². The van der Waals surface area contributed by atoms with Crippen molar-refractivity contribution in [3.05, 3.63) is 23.3 Å². The van der Waals surface area contributed by atoms with Gasteiger partial charge in [0.1, 0.15) is 0 Å². The van der Waals surface area contributed by atoms with Crippen molar-refractivity contribution >= 4 is 32.4 Å². The van der Waals surface area contributed by atoms with E-state index in [0.29, 0.717) is 16.8 Å². The number of hydrogen-bond acceptors (Lipinski definition) is 7. The second-order valence-electron chi connectivity index (χ2n) is 3.76. The molecule has 0 bridgehead atoms. The zero-order chi connectivity index (χ0) is 13.3. The maximum atomic E-state index is 12.2. The van der Waals surface area contributed by atoms with Crippen LogP contribution in [0.1, 0.15) is 11.1 Å². The zero-order valence-corrected chi connectivity index (χ0v) is 11.3. The predicted octanol–water partition coefficient (Wildman–Crippen LogP) is 0.933. The molecule has 0 atom stereocenters. The zero-order valence-electron chi connectivity index (χ0n) is 9.71. The second-order valence-corrected chi connectivity index (χ2v) is 6.11. The number of rotatable bonds is 3. The van der Waals surface area contributed by atoms with Gasteiger partial charge < -0.3 is 5.73 Å². The van der Waals surface area contributed by atoms with Gasteiger partial charge in [-0.3, -0.25) is 4.72 Å². The minimum atomic E-state index is -3.70. The van der Waals surface area contributed by atoms with Crippen LogP contribution in [0.4, 0.5) is 10.8 Å². The first-order valence-electron chi connectivity index (χ1n) is 4.95. The van der Waals surface area contributed by atoms with Crippen LogP contribution >= 0.6 is 11.5 Å². The van der Waals surface area contributed by atoms with Gasteiger partial charge in [-0.05, 0) is 42.3 Å². The molecule has 9 heteroatoms. The van der Waals surface area contributed by atoms with E-state index in [4.69, 9.17) is 5.73 Å². The number of benzene rings is 1. The molecule has 0 saturated carbocycles. The molecule has 18 heavy (non-hydrogen) atoms. The number of sulfonamides is 1. The Labute approximate surface area is 108 Å². The molecule has 96 valence electrons. The Balaban J connectivity index is 2.48. The van der Waals surface area contributed by atoms with Gasteiger partial charge >= 0.3 is 0 Å². The molecule has 1 heterocycles. The van der Waals surface area contributed by atoms with Gasteiger partial charge in [-0.1, -0.05) is 9.59 Å². The van der Waals surface area contributed by atoms with E-state index in [0.717, 1.165) is 11.5 Å². The number of nitrogens with zero attached hydrogens (tertiary/aromatic N) is 3. The highest BCUT2D eigenvalue weighted by atomic mass is 32.2. The van der Waals surface area contributed by atoms with Crippen LogP contribution in [-0.2, 0) is 10.0 Å². The van der Waals surface area contributed by atoms with E-state index in [2.05, 4.69) is 19.5 Å². The Morgan fingerprint density at radius 1 is 1.28 bits per heavy atom. The Morgan fingerprint density at radius 2 is 1.89 bits per heavy atom. The molecular formula is C9H11N5O2S2. The minimum absolute atomic E-state index is 0.130. The van der Waals surface area contributed by atoms with Gasteiger partial charge in [-0.15, -0.1) is 0 Å².